The first-order chi connectivity index (χ1) is 14.6. The molecular formula is C20H15N5O3S2. The second-order valence-electron chi connectivity index (χ2n) is 6.45. The molecule has 8 nitrogen and oxygen atoms in total. The molecular weight excluding hydrogens is 422 g/mol. The zero-order valence-corrected chi connectivity index (χ0v) is 17.4. The molecule has 0 saturated carbocycles. The van der Waals surface area contributed by atoms with Crippen LogP contribution in [0, 0.1) is 10.1 Å². The number of aromatic nitrogens is 4. The molecule has 0 amide bonds. The summed E-state index contributed by atoms with van der Waals surface area (Å²) in [5, 5.41) is 13.9. The van der Waals surface area contributed by atoms with Crippen LogP contribution in [-0.4, -0.2) is 31.0 Å². The molecule has 5 aromatic rings. The predicted molar refractivity (Wildman–Crippen MR) is 117 cm³/mol. The molecule has 3 heterocycles. The number of hydrogen-bond donors (Lipinski definition) is 0. The van der Waals surface area contributed by atoms with E-state index in [0.717, 1.165) is 21.9 Å². The van der Waals surface area contributed by atoms with Crippen LogP contribution in [0.15, 0.2) is 65.4 Å². The van der Waals surface area contributed by atoms with E-state index >= 15 is 0 Å². The van der Waals surface area contributed by atoms with E-state index in [1.165, 1.54) is 23.9 Å². The predicted octanol–water partition coefficient (Wildman–Crippen LogP) is 4.94. The van der Waals surface area contributed by atoms with Crippen LogP contribution in [0.1, 0.15) is 5.69 Å². The van der Waals surface area contributed by atoms with Gasteiger partial charge in [0.1, 0.15) is 5.75 Å². The van der Waals surface area contributed by atoms with Crippen LogP contribution in [0.3, 0.4) is 0 Å². The number of benzene rings is 2. The zero-order valence-electron chi connectivity index (χ0n) is 15.8. The number of thiazole rings is 1. The first-order valence-corrected chi connectivity index (χ1v) is 10.8. The van der Waals surface area contributed by atoms with E-state index in [1.807, 2.05) is 51.0 Å². The van der Waals surface area contributed by atoms with Gasteiger partial charge in [-0.3, -0.25) is 19.1 Å². The first-order valence-electron chi connectivity index (χ1n) is 8.98. The summed E-state index contributed by atoms with van der Waals surface area (Å²) >= 11 is 3.11. The van der Waals surface area contributed by atoms with E-state index in [4.69, 9.17) is 9.72 Å². The van der Waals surface area contributed by atoms with Crippen molar-refractivity contribution in [2.24, 2.45) is 0 Å². The van der Waals surface area contributed by atoms with Gasteiger partial charge in [0.2, 0.25) is 0 Å². The minimum atomic E-state index is -0.411. The highest BCUT2D eigenvalue weighted by Crippen LogP contribution is 2.34. The number of ether oxygens (including phenoxy) is 1. The van der Waals surface area contributed by atoms with Gasteiger partial charge in [-0.05, 0) is 18.2 Å². The normalized spacial score (nSPS) is 11.4. The standard InChI is InChI=1S/C20H15N5O3S2/c1-28-18-5-3-2-4-17(18)24-16-7-6-14(25(26)27)10-15(16)22-20(24)30-12-13-11-23-8-9-29-19(23)21-13/h2-11H,12H2,1H3. The maximum atomic E-state index is 11.2. The van der Waals surface area contributed by atoms with E-state index in [0.29, 0.717) is 22.2 Å². The lowest BCUT2D eigenvalue weighted by molar-refractivity contribution is -0.384. The number of fused-ring (bicyclic) bond motifs is 2. The van der Waals surface area contributed by atoms with Crippen molar-refractivity contribution in [3.8, 4) is 11.4 Å². The number of para-hydroxylation sites is 2. The van der Waals surface area contributed by atoms with Crippen LogP contribution in [0.4, 0.5) is 5.69 Å². The minimum absolute atomic E-state index is 0.0121. The Morgan fingerprint density at radius 1 is 1.23 bits per heavy atom. The van der Waals surface area contributed by atoms with Gasteiger partial charge in [-0.25, -0.2) is 9.97 Å². The average Bonchev–Trinajstić information content (AvgIpc) is 3.44. The monoisotopic (exact) mass is 437 g/mol. The molecule has 0 spiro atoms. The van der Waals surface area contributed by atoms with Crippen molar-refractivity contribution in [3.05, 3.63) is 76.0 Å². The quantitative estimate of drug-likeness (QED) is 0.212. The number of nitro groups is 1. The van der Waals surface area contributed by atoms with Crippen molar-refractivity contribution in [1.82, 2.24) is 18.9 Å². The number of thioether (sulfide) groups is 1. The summed E-state index contributed by atoms with van der Waals surface area (Å²) in [5.74, 6) is 1.31. The molecule has 0 fully saturated rings. The molecule has 0 aliphatic heterocycles. The molecule has 0 unspecified atom stereocenters. The van der Waals surface area contributed by atoms with Gasteiger partial charge < -0.3 is 4.74 Å². The smallest absolute Gasteiger partial charge is 0.271 e. The summed E-state index contributed by atoms with van der Waals surface area (Å²) in [7, 11) is 1.62. The lowest BCUT2D eigenvalue weighted by Gasteiger charge is -2.12. The number of hydrogen-bond acceptors (Lipinski definition) is 7. The van der Waals surface area contributed by atoms with Crippen molar-refractivity contribution in [2.45, 2.75) is 10.9 Å². The van der Waals surface area contributed by atoms with Crippen LogP contribution >= 0.6 is 23.1 Å². The van der Waals surface area contributed by atoms with Crippen LogP contribution < -0.4 is 4.74 Å². The molecule has 0 aliphatic rings. The SMILES string of the molecule is COc1ccccc1-n1c(SCc2cn3ccsc3n2)nc2cc([N+](=O)[O-])ccc21. The molecule has 150 valence electrons. The number of methoxy groups -OCH3 is 1. The molecule has 0 saturated heterocycles. The second kappa shape index (κ2) is 7.47. The Hall–Kier alpha value is -3.37. The fraction of sp³-hybridized carbons (Fsp3) is 0.100. The zero-order chi connectivity index (χ0) is 20.7. The molecule has 10 heteroatoms. The van der Waals surface area contributed by atoms with Gasteiger partial charge in [0.05, 0.1) is 34.4 Å². The second-order valence-corrected chi connectivity index (χ2v) is 8.26. The Balaban J connectivity index is 1.61. The third-order valence-corrected chi connectivity index (χ3v) is 6.38. The Labute approximate surface area is 178 Å². The summed E-state index contributed by atoms with van der Waals surface area (Å²) in [4.78, 5) is 21.1. The van der Waals surface area contributed by atoms with Gasteiger partial charge >= 0.3 is 0 Å². The third kappa shape index (κ3) is 3.19. The van der Waals surface area contributed by atoms with Gasteiger partial charge in [-0.2, -0.15) is 0 Å². The van der Waals surface area contributed by atoms with Crippen LogP contribution in [-0.2, 0) is 5.75 Å². The van der Waals surface area contributed by atoms with Gasteiger partial charge in [0.15, 0.2) is 10.1 Å². The molecule has 2 aromatic carbocycles. The maximum Gasteiger partial charge on any atom is 0.271 e. The number of nitro benzene ring substituents is 1. The Morgan fingerprint density at radius 2 is 2.10 bits per heavy atom. The highest BCUT2D eigenvalue weighted by molar-refractivity contribution is 7.98. The largest absolute Gasteiger partial charge is 0.495 e. The molecule has 5 rings (SSSR count). The van der Waals surface area contributed by atoms with Gasteiger partial charge in [0, 0.05) is 35.7 Å². The Bertz CT molecular complexity index is 1360. The fourth-order valence-corrected chi connectivity index (χ4v) is 4.91. The lowest BCUT2D eigenvalue weighted by Crippen LogP contribution is -2.00. The van der Waals surface area contributed by atoms with Gasteiger partial charge in [0.25, 0.3) is 5.69 Å². The summed E-state index contributed by atoms with van der Waals surface area (Å²) in [5.41, 5.74) is 3.11. The minimum Gasteiger partial charge on any atom is -0.495 e. The topological polar surface area (TPSA) is 87.5 Å². The van der Waals surface area contributed by atoms with Crippen molar-refractivity contribution >= 4 is 44.8 Å². The average molecular weight is 438 g/mol. The Morgan fingerprint density at radius 3 is 2.90 bits per heavy atom. The summed E-state index contributed by atoms with van der Waals surface area (Å²) in [6, 6.07) is 12.4. The van der Waals surface area contributed by atoms with Crippen molar-refractivity contribution in [1.29, 1.82) is 0 Å². The molecule has 0 N–H and O–H groups in total. The van der Waals surface area contributed by atoms with E-state index in [2.05, 4.69) is 4.98 Å². The highest BCUT2D eigenvalue weighted by Gasteiger charge is 2.19. The van der Waals surface area contributed by atoms with Crippen LogP contribution in [0.25, 0.3) is 21.7 Å². The summed E-state index contributed by atoms with van der Waals surface area (Å²) in [6.45, 7) is 0. The van der Waals surface area contributed by atoms with Crippen LogP contribution in [0.2, 0.25) is 0 Å². The van der Waals surface area contributed by atoms with E-state index in [9.17, 15) is 10.1 Å². The van der Waals surface area contributed by atoms with E-state index in [-0.39, 0.29) is 5.69 Å². The van der Waals surface area contributed by atoms with Crippen molar-refractivity contribution in [3.63, 3.8) is 0 Å². The van der Waals surface area contributed by atoms with E-state index in [1.54, 1.807) is 24.5 Å². The summed E-state index contributed by atoms with van der Waals surface area (Å²) < 4.78 is 9.51. The molecule has 0 atom stereocenters. The highest BCUT2D eigenvalue weighted by atomic mass is 32.2. The van der Waals surface area contributed by atoms with Crippen molar-refractivity contribution in [2.75, 3.05) is 7.11 Å². The van der Waals surface area contributed by atoms with Crippen LogP contribution in [0.5, 0.6) is 5.75 Å². The third-order valence-electron chi connectivity index (χ3n) is 4.64. The molecule has 30 heavy (non-hydrogen) atoms. The molecule has 3 aromatic heterocycles. The molecule has 0 bridgehead atoms. The lowest BCUT2D eigenvalue weighted by atomic mass is 10.2. The number of nitrogens with zero attached hydrogens (tertiary/aromatic N) is 5. The number of non-ortho nitro benzene ring substituents is 1. The van der Waals surface area contributed by atoms with Gasteiger partial charge in [-0.1, -0.05) is 23.9 Å². The first kappa shape index (κ1) is 18.6. The number of rotatable bonds is 6. The summed E-state index contributed by atoms with van der Waals surface area (Å²) in [6.07, 6.45) is 3.98. The molecule has 0 aliphatic carbocycles. The van der Waals surface area contributed by atoms with E-state index < -0.39 is 4.92 Å². The maximum absolute atomic E-state index is 11.2. The van der Waals surface area contributed by atoms with Crippen molar-refractivity contribution < 1.29 is 9.66 Å². The Kier molecular flexibility index (Phi) is 4.64. The fourth-order valence-electron chi connectivity index (χ4n) is 3.29. The molecule has 0 radical (unpaired) electrons. The van der Waals surface area contributed by atoms with Gasteiger partial charge in [-0.15, -0.1) is 11.3 Å². The number of imidazole rings is 2.